The fourth-order valence-electron chi connectivity index (χ4n) is 3.46. The van der Waals surface area contributed by atoms with E-state index in [0.717, 1.165) is 29.2 Å². The first-order valence-corrected chi connectivity index (χ1v) is 8.93. The summed E-state index contributed by atoms with van der Waals surface area (Å²) in [6.45, 7) is 4.84. The zero-order valence-electron chi connectivity index (χ0n) is 12.2. The quantitative estimate of drug-likeness (QED) is 0.831. The van der Waals surface area contributed by atoms with Crippen LogP contribution >= 0.6 is 28.1 Å². The number of anilines is 1. The van der Waals surface area contributed by atoms with Crippen molar-refractivity contribution < 1.29 is 0 Å². The van der Waals surface area contributed by atoms with Gasteiger partial charge in [0.05, 0.1) is 0 Å². The summed E-state index contributed by atoms with van der Waals surface area (Å²) < 4.78 is 0.994. The van der Waals surface area contributed by atoms with Gasteiger partial charge in [0.15, 0.2) is 0 Å². The number of hydrogen-bond donors (Lipinski definition) is 1. The van der Waals surface area contributed by atoms with E-state index in [-0.39, 0.29) is 0 Å². The van der Waals surface area contributed by atoms with Crippen molar-refractivity contribution >= 4 is 38.8 Å². The normalized spacial score (nSPS) is 23.5. The third-order valence-electron chi connectivity index (χ3n) is 4.65. The minimum Gasteiger partial charge on any atom is -0.389 e. The maximum absolute atomic E-state index is 5.72. The van der Waals surface area contributed by atoms with Gasteiger partial charge in [-0.3, -0.25) is 4.90 Å². The lowest BCUT2D eigenvalue weighted by atomic mass is 10.1. The maximum Gasteiger partial charge on any atom is 0.105 e. The van der Waals surface area contributed by atoms with E-state index >= 15 is 0 Å². The highest BCUT2D eigenvalue weighted by Crippen LogP contribution is 2.28. The molecule has 2 saturated heterocycles. The molecule has 1 aromatic carbocycles. The Morgan fingerprint density at radius 2 is 1.95 bits per heavy atom. The second kappa shape index (κ2) is 6.63. The number of hydrogen-bond acceptors (Lipinski definition) is 3. The predicted molar refractivity (Wildman–Crippen MR) is 96.1 cm³/mol. The van der Waals surface area contributed by atoms with E-state index in [1.54, 1.807) is 0 Å². The zero-order chi connectivity index (χ0) is 14.8. The number of halogens is 1. The van der Waals surface area contributed by atoms with E-state index in [9.17, 15) is 0 Å². The van der Waals surface area contributed by atoms with Gasteiger partial charge in [-0.05, 0) is 66.5 Å². The van der Waals surface area contributed by atoms with E-state index in [0.29, 0.717) is 4.99 Å². The number of nitrogens with two attached hydrogens (primary N) is 1. The summed E-state index contributed by atoms with van der Waals surface area (Å²) >= 11 is 8.64. The molecule has 0 bridgehead atoms. The molecule has 0 radical (unpaired) electrons. The van der Waals surface area contributed by atoms with Crippen LogP contribution < -0.4 is 10.6 Å². The molecule has 2 N–H and O–H groups in total. The summed E-state index contributed by atoms with van der Waals surface area (Å²) in [4.78, 5) is 5.61. The molecule has 1 atom stereocenters. The number of piperidine rings is 1. The van der Waals surface area contributed by atoms with Crippen LogP contribution in [-0.2, 0) is 0 Å². The number of rotatable bonds is 3. The van der Waals surface area contributed by atoms with Crippen molar-refractivity contribution in [2.24, 2.45) is 5.73 Å². The van der Waals surface area contributed by atoms with Crippen LogP contribution in [0.1, 0.15) is 31.2 Å². The fraction of sp³-hybridized carbons (Fsp3) is 0.562. The van der Waals surface area contributed by atoms with Gasteiger partial charge in [-0.15, -0.1) is 0 Å². The van der Waals surface area contributed by atoms with Gasteiger partial charge in [0.25, 0.3) is 0 Å². The number of benzene rings is 1. The van der Waals surface area contributed by atoms with E-state index in [2.05, 4.69) is 37.9 Å². The molecular weight excluding hydrogens is 346 g/mol. The van der Waals surface area contributed by atoms with Crippen molar-refractivity contribution in [2.75, 3.05) is 31.1 Å². The molecule has 0 amide bonds. The molecule has 3 nitrogen and oxygen atoms in total. The maximum atomic E-state index is 5.72. The number of likely N-dealkylation sites (tertiary alicyclic amines) is 1. The Bertz CT molecular complexity index is 528. The van der Waals surface area contributed by atoms with Crippen LogP contribution in [0.15, 0.2) is 22.7 Å². The predicted octanol–water partition coefficient (Wildman–Crippen LogP) is 3.15. The standard InChI is InChI=1S/C16H22BrN3S/c17-15-10-12(4-5-14(15)16(18)21)20-9-6-13(11-20)19-7-2-1-3-8-19/h4-5,10,13H,1-3,6-9,11H2,(H2,18,21). The van der Waals surface area contributed by atoms with Gasteiger partial charge in [-0.25, -0.2) is 0 Å². The smallest absolute Gasteiger partial charge is 0.105 e. The molecule has 0 aromatic heterocycles. The molecule has 0 aliphatic carbocycles. The van der Waals surface area contributed by atoms with Crippen LogP contribution in [0.2, 0.25) is 0 Å². The molecule has 2 heterocycles. The highest BCUT2D eigenvalue weighted by molar-refractivity contribution is 9.10. The summed E-state index contributed by atoms with van der Waals surface area (Å²) in [6.07, 6.45) is 5.41. The van der Waals surface area contributed by atoms with Crippen LogP contribution in [0.25, 0.3) is 0 Å². The summed E-state index contributed by atoms with van der Waals surface area (Å²) in [6, 6.07) is 7.03. The Morgan fingerprint density at radius 1 is 1.19 bits per heavy atom. The van der Waals surface area contributed by atoms with Crippen molar-refractivity contribution in [3.63, 3.8) is 0 Å². The molecule has 1 aromatic rings. The monoisotopic (exact) mass is 367 g/mol. The average molecular weight is 368 g/mol. The first-order chi connectivity index (χ1) is 10.1. The van der Waals surface area contributed by atoms with Gasteiger partial charge >= 0.3 is 0 Å². The Hall–Kier alpha value is -0.650. The fourth-order valence-corrected chi connectivity index (χ4v) is 4.35. The minimum atomic E-state index is 0.445. The van der Waals surface area contributed by atoms with Gasteiger partial charge < -0.3 is 10.6 Å². The van der Waals surface area contributed by atoms with Crippen LogP contribution in [0.4, 0.5) is 5.69 Å². The summed E-state index contributed by atoms with van der Waals surface area (Å²) in [5, 5.41) is 0. The zero-order valence-corrected chi connectivity index (χ0v) is 14.6. The molecule has 2 aliphatic rings. The molecule has 2 aliphatic heterocycles. The summed E-state index contributed by atoms with van der Waals surface area (Å²) in [7, 11) is 0. The van der Waals surface area contributed by atoms with Crippen LogP contribution in [0.5, 0.6) is 0 Å². The topological polar surface area (TPSA) is 32.5 Å². The Balaban J connectivity index is 1.68. The second-order valence-electron chi connectivity index (χ2n) is 6.01. The van der Waals surface area contributed by atoms with E-state index < -0.39 is 0 Å². The number of nitrogens with zero attached hydrogens (tertiary/aromatic N) is 2. The molecule has 0 spiro atoms. The highest BCUT2D eigenvalue weighted by Gasteiger charge is 2.28. The SMILES string of the molecule is NC(=S)c1ccc(N2CCC(N3CCCCC3)C2)cc1Br. The second-order valence-corrected chi connectivity index (χ2v) is 7.31. The van der Waals surface area contributed by atoms with Gasteiger partial charge in [-0.2, -0.15) is 0 Å². The lowest BCUT2D eigenvalue weighted by Crippen LogP contribution is -2.40. The molecule has 2 fully saturated rings. The van der Waals surface area contributed by atoms with Crippen LogP contribution in [-0.4, -0.2) is 42.1 Å². The van der Waals surface area contributed by atoms with Crippen molar-refractivity contribution in [3.8, 4) is 0 Å². The van der Waals surface area contributed by atoms with Crippen molar-refractivity contribution in [1.82, 2.24) is 4.90 Å². The third kappa shape index (κ3) is 3.41. The van der Waals surface area contributed by atoms with E-state index in [1.807, 2.05) is 6.07 Å². The number of thiocarbonyl (C=S) groups is 1. The van der Waals surface area contributed by atoms with Gasteiger partial charge in [0.1, 0.15) is 4.99 Å². The van der Waals surface area contributed by atoms with Crippen molar-refractivity contribution in [1.29, 1.82) is 0 Å². The minimum absolute atomic E-state index is 0.445. The first-order valence-electron chi connectivity index (χ1n) is 7.73. The molecule has 3 rings (SSSR count). The Morgan fingerprint density at radius 3 is 2.62 bits per heavy atom. The molecule has 114 valence electrons. The van der Waals surface area contributed by atoms with E-state index in [1.165, 1.54) is 44.5 Å². The molecule has 1 unspecified atom stereocenters. The summed E-state index contributed by atoms with van der Waals surface area (Å²) in [5.41, 5.74) is 7.90. The Kier molecular flexibility index (Phi) is 4.82. The molecule has 0 saturated carbocycles. The largest absolute Gasteiger partial charge is 0.389 e. The van der Waals surface area contributed by atoms with Crippen LogP contribution in [0, 0.1) is 0 Å². The first kappa shape index (κ1) is 15.3. The lowest BCUT2D eigenvalue weighted by Gasteiger charge is -2.32. The summed E-state index contributed by atoms with van der Waals surface area (Å²) in [5.74, 6) is 0. The van der Waals surface area contributed by atoms with E-state index in [4.69, 9.17) is 18.0 Å². The Labute approximate surface area is 140 Å². The molecular formula is C16H22BrN3S. The van der Waals surface area contributed by atoms with Gasteiger partial charge in [0, 0.05) is 34.9 Å². The third-order valence-corrected chi connectivity index (χ3v) is 5.53. The van der Waals surface area contributed by atoms with Crippen LogP contribution in [0.3, 0.4) is 0 Å². The average Bonchev–Trinajstić information content (AvgIpc) is 2.97. The highest BCUT2D eigenvalue weighted by atomic mass is 79.9. The van der Waals surface area contributed by atoms with Gasteiger partial charge in [-0.1, -0.05) is 18.6 Å². The molecule has 21 heavy (non-hydrogen) atoms. The van der Waals surface area contributed by atoms with Crippen molar-refractivity contribution in [3.05, 3.63) is 28.2 Å². The lowest BCUT2D eigenvalue weighted by molar-refractivity contribution is 0.175. The van der Waals surface area contributed by atoms with Crippen molar-refractivity contribution in [2.45, 2.75) is 31.7 Å². The molecule has 5 heteroatoms. The van der Waals surface area contributed by atoms with Gasteiger partial charge in [0.2, 0.25) is 0 Å².